The van der Waals surface area contributed by atoms with Gasteiger partial charge in [-0.15, -0.1) is 0 Å². The average Bonchev–Trinajstić information content (AvgIpc) is 2.82. The number of carbonyl (C=O) groups excluding carboxylic acids is 1. The number of rotatable bonds is 6. The summed E-state index contributed by atoms with van der Waals surface area (Å²) in [5, 5.41) is 0. The van der Waals surface area contributed by atoms with Crippen molar-refractivity contribution in [2.24, 2.45) is 0 Å². The molecule has 2 rings (SSSR count). The molecule has 0 aliphatic rings. The molecule has 0 unspecified atom stereocenters. The molecule has 7 heteroatoms. The van der Waals surface area contributed by atoms with E-state index in [1.165, 1.54) is 7.11 Å². The highest BCUT2D eigenvalue weighted by Gasteiger charge is 2.20. The zero-order chi connectivity index (χ0) is 16.3. The van der Waals surface area contributed by atoms with Gasteiger partial charge < -0.3 is 9.47 Å². The molecule has 0 amide bonds. The van der Waals surface area contributed by atoms with Gasteiger partial charge in [0.2, 0.25) is 5.82 Å². The second-order valence-corrected chi connectivity index (χ2v) is 12.8. The van der Waals surface area contributed by atoms with Crippen LogP contribution in [0.5, 0.6) is 0 Å². The molecule has 0 aliphatic heterocycles. The van der Waals surface area contributed by atoms with Crippen LogP contribution in [0.2, 0.25) is 25.7 Å². The molecule has 0 spiro atoms. The highest BCUT2D eigenvalue weighted by Crippen LogP contribution is 2.25. The predicted molar refractivity (Wildman–Crippen MR) is 92.9 cm³/mol. The SMILES string of the molecule is COC(=O)c1nc2cccc(Br)c2n1COCC[Si](C)(C)C. The number of nitrogens with zero attached hydrogens (tertiary/aromatic N) is 2. The number of ether oxygens (including phenoxy) is 2. The van der Waals surface area contributed by atoms with Crippen LogP contribution in [0.15, 0.2) is 22.7 Å². The number of aromatic nitrogens is 2. The minimum Gasteiger partial charge on any atom is -0.463 e. The van der Waals surface area contributed by atoms with Gasteiger partial charge in [-0.1, -0.05) is 25.7 Å². The first kappa shape index (κ1) is 17.2. The Bertz CT molecular complexity index is 679. The second kappa shape index (κ2) is 6.93. The van der Waals surface area contributed by atoms with Gasteiger partial charge in [-0.2, -0.15) is 0 Å². The largest absolute Gasteiger partial charge is 0.463 e. The number of carbonyl (C=O) groups is 1. The standard InChI is InChI=1S/C15H21BrN2O3Si/c1-20-15(19)14-17-12-7-5-6-11(16)13(12)18(14)10-21-8-9-22(2,3)4/h5-7H,8-10H2,1-4H3. The van der Waals surface area contributed by atoms with E-state index in [-0.39, 0.29) is 12.6 Å². The summed E-state index contributed by atoms with van der Waals surface area (Å²) in [4.78, 5) is 16.3. The van der Waals surface area contributed by atoms with Gasteiger partial charge in [0, 0.05) is 19.2 Å². The summed E-state index contributed by atoms with van der Waals surface area (Å²) in [5.41, 5.74) is 1.58. The number of methoxy groups -OCH3 is 1. The maximum Gasteiger partial charge on any atom is 0.374 e. The fourth-order valence-corrected chi connectivity index (χ4v) is 3.38. The number of benzene rings is 1. The zero-order valence-corrected chi connectivity index (χ0v) is 15.9. The van der Waals surface area contributed by atoms with Crippen LogP contribution in [0.3, 0.4) is 0 Å². The molecule has 0 aliphatic carbocycles. The lowest BCUT2D eigenvalue weighted by atomic mass is 10.3. The fourth-order valence-electron chi connectivity index (χ4n) is 2.05. The van der Waals surface area contributed by atoms with Crippen LogP contribution in [0.4, 0.5) is 0 Å². The van der Waals surface area contributed by atoms with Crippen molar-refractivity contribution in [2.75, 3.05) is 13.7 Å². The quantitative estimate of drug-likeness (QED) is 0.430. The van der Waals surface area contributed by atoms with Gasteiger partial charge in [-0.25, -0.2) is 9.78 Å². The van der Waals surface area contributed by atoms with Crippen LogP contribution in [0.1, 0.15) is 10.6 Å². The Morgan fingerprint density at radius 1 is 1.36 bits per heavy atom. The Balaban J connectivity index is 2.27. The van der Waals surface area contributed by atoms with E-state index in [0.29, 0.717) is 6.61 Å². The summed E-state index contributed by atoms with van der Waals surface area (Å²) in [7, 11) is 0.217. The molecule has 0 saturated carbocycles. The average molecular weight is 385 g/mol. The van der Waals surface area contributed by atoms with Gasteiger partial charge in [0.15, 0.2) is 0 Å². The molecule has 1 aromatic carbocycles. The highest BCUT2D eigenvalue weighted by atomic mass is 79.9. The van der Waals surface area contributed by atoms with E-state index in [4.69, 9.17) is 9.47 Å². The van der Waals surface area contributed by atoms with E-state index >= 15 is 0 Å². The lowest BCUT2D eigenvalue weighted by Gasteiger charge is -2.16. The first-order valence-electron chi connectivity index (χ1n) is 7.14. The van der Waals surface area contributed by atoms with E-state index in [0.717, 1.165) is 21.6 Å². The van der Waals surface area contributed by atoms with Crippen molar-refractivity contribution in [1.29, 1.82) is 0 Å². The van der Waals surface area contributed by atoms with Crippen molar-refractivity contribution in [3.05, 3.63) is 28.5 Å². The monoisotopic (exact) mass is 384 g/mol. The first-order chi connectivity index (χ1) is 10.3. The first-order valence-corrected chi connectivity index (χ1v) is 11.6. The van der Waals surface area contributed by atoms with Gasteiger partial charge in [-0.3, -0.25) is 4.57 Å². The summed E-state index contributed by atoms with van der Waals surface area (Å²) < 4.78 is 13.2. The Hall–Kier alpha value is -1.18. The molecule has 0 saturated heterocycles. The van der Waals surface area contributed by atoms with Gasteiger partial charge in [0.25, 0.3) is 0 Å². The molecule has 0 fully saturated rings. The third-order valence-electron chi connectivity index (χ3n) is 3.30. The predicted octanol–water partition coefficient (Wildman–Crippen LogP) is 3.90. The molecule has 120 valence electrons. The molecule has 0 radical (unpaired) electrons. The van der Waals surface area contributed by atoms with E-state index in [9.17, 15) is 4.79 Å². The van der Waals surface area contributed by atoms with Crippen LogP contribution < -0.4 is 0 Å². The molecule has 0 N–H and O–H groups in total. The molecule has 0 atom stereocenters. The maximum atomic E-state index is 11.9. The van der Waals surface area contributed by atoms with Gasteiger partial charge >= 0.3 is 5.97 Å². The minimum atomic E-state index is -1.14. The number of para-hydroxylation sites is 1. The molecule has 1 heterocycles. The second-order valence-electron chi connectivity index (χ2n) is 6.31. The van der Waals surface area contributed by atoms with Crippen molar-refractivity contribution in [3.8, 4) is 0 Å². The number of halogens is 1. The number of imidazole rings is 1. The van der Waals surface area contributed by atoms with E-state index < -0.39 is 14.0 Å². The topological polar surface area (TPSA) is 53.3 Å². The van der Waals surface area contributed by atoms with Crippen molar-refractivity contribution in [2.45, 2.75) is 32.4 Å². The van der Waals surface area contributed by atoms with E-state index in [1.54, 1.807) is 4.57 Å². The molecule has 1 aromatic heterocycles. The Kier molecular flexibility index (Phi) is 5.41. The van der Waals surface area contributed by atoms with Crippen LogP contribution in [0, 0.1) is 0 Å². The van der Waals surface area contributed by atoms with Crippen molar-refractivity contribution >= 4 is 41.0 Å². The van der Waals surface area contributed by atoms with Crippen molar-refractivity contribution in [3.63, 3.8) is 0 Å². The third-order valence-corrected chi connectivity index (χ3v) is 5.65. The van der Waals surface area contributed by atoms with Gasteiger partial charge in [0.05, 0.1) is 18.1 Å². The molecular formula is C15H21BrN2O3Si. The minimum absolute atomic E-state index is 0.261. The smallest absolute Gasteiger partial charge is 0.374 e. The number of hydrogen-bond acceptors (Lipinski definition) is 4. The lowest BCUT2D eigenvalue weighted by Crippen LogP contribution is -2.22. The van der Waals surface area contributed by atoms with E-state index in [1.807, 2.05) is 18.2 Å². The number of fused-ring (bicyclic) bond motifs is 1. The summed E-state index contributed by atoms with van der Waals surface area (Å²) in [6.07, 6.45) is 0. The van der Waals surface area contributed by atoms with Crippen LogP contribution in [-0.4, -0.2) is 37.3 Å². The van der Waals surface area contributed by atoms with Gasteiger partial charge in [-0.05, 0) is 34.1 Å². The lowest BCUT2D eigenvalue weighted by molar-refractivity contribution is 0.0536. The summed E-state index contributed by atoms with van der Waals surface area (Å²) >= 11 is 3.51. The van der Waals surface area contributed by atoms with Crippen molar-refractivity contribution in [1.82, 2.24) is 9.55 Å². The summed E-state index contributed by atoms with van der Waals surface area (Å²) in [6, 6.07) is 6.75. The summed E-state index contributed by atoms with van der Waals surface area (Å²) in [6.45, 7) is 7.88. The molecular weight excluding hydrogens is 364 g/mol. The maximum absolute atomic E-state index is 11.9. The molecule has 2 aromatic rings. The number of hydrogen-bond donors (Lipinski definition) is 0. The Labute approximate surface area is 139 Å². The summed E-state index contributed by atoms with van der Waals surface area (Å²) in [5.74, 6) is -0.200. The van der Waals surface area contributed by atoms with Crippen LogP contribution in [-0.2, 0) is 16.2 Å². The van der Waals surface area contributed by atoms with Crippen molar-refractivity contribution < 1.29 is 14.3 Å². The Morgan fingerprint density at radius 3 is 2.73 bits per heavy atom. The normalized spacial score (nSPS) is 11.9. The van der Waals surface area contributed by atoms with E-state index in [2.05, 4.69) is 40.6 Å². The number of esters is 1. The van der Waals surface area contributed by atoms with Gasteiger partial charge in [0.1, 0.15) is 6.73 Å². The zero-order valence-electron chi connectivity index (χ0n) is 13.4. The molecule has 0 bridgehead atoms. The van der Waals surface area contributed by atoms with Crippen LogP contribution in [0.25, 0.3) is 11.0 Å². The molecule has 5 nitrogen and oxygen atoms in total. The third kappa shape index (κ3) is 3.96. The Morgan fingerprint density at radius 2 is 2.09 bits per heavy atom. The van der Waals surface area contributed by atoms with Crippen LogP contribution >= 0.6 is 15.9 Å². The fraction of sp³-hybridized carbons (Fsp3) is 0.467. The highest BCUT2D eigenvalue weighted by molar-refractivity contribution is 9.10. The molecule has 22 heavy (non-hydrogen) atoms.